The van der Waals surface area contributed by atoms with Crippen LogP contribution in [0.15, 0.2) is 36.7 Å². The quantitative estimate of drug-likeness (QED) is 0.0550. The van der Waals surface area contributed by atoms with E-state index < -0.39 is 43.6 Å². The summed E-state index contributed by atoms with van der Waals surface area (Å²) in [6.07, 6.45) is 19.9. The Labute approximate surface area is 349 Å². The van der Waals surface area contributed by atoms with E-state index in [1.165, 1.54) is 89.8 Å². The molecule has 2 aliphatic heterocycles. The Balaban J connectivity index is 1.10. The minimum Gasteiger partial charge on any atom is -0.382 e. The second-order valence-electron chi connectivity index (χ2n) is 16.6. The molecular formula is C43H65ClN5O8P. The summed E-state index contributed by atoms with van der Waals surface area (Å²) in [5.74, 6) is -0.617. The van der Waals surface area contributed by atoms with E-state index in [2.05, 4.69) is 23.1 Å². The molecule has 0 spiro atoms. The van der Waals surface area contributed by atoms with Gasteiger partial charge < -0.3 is 29.6 Å². The average molecular weight is 846 g/mol. The smallest absolute Gasteiger partial charge is 0.382 e. The number of nitrogen functional groups attached to an aromatic ring is 1. The lowest BCUT2D eigenvalue weighted by molar-refractivity contribution is -0.212. The van der Waals surface area contributed by atoms with Crippen molar-refractivity contribution in [2.24, 2.45) is 0 Å². The van der Waals surface area contributed by atoms with Crippen LogP contribution in [0.25, 0.3) is 5.52 Å². The first-order valence-electron chi connectivity index (χ1n) is 21.4. The van der Waals surface area contributed by atoms with Gasteiger partial charge in [-0.05, 0) is 63.1 Å². The van der Waals surface area contributed by atoms with Gasteiger partial charge in [-0.1, -0.05) is 121 Å². The maximum Gasteiger partial charge on any atom is 0.472 e. The van der Waals surface area contributed by atoms with Crippen LogP contribution in [0.3, 0.4) is 0 Å². The van der Waals surface area contributed by atoms with Gasteiger partial charge in [-0.25, -0.2) is 14.1 Å². The van der Waals surface area contributed by atoms with E-state index in [9.17, 15) is 14.7 Å². The number of hydrogen-bond donors (Lipinski definition) is 2. The molecule has 1 aromatic carbocycles. The number of phosphoric acid groups is 1. The van der Waals surface area contributed by atoms with Crippen molar-refractivity contribution >= 4 is 30.8 Å². The summed E-state index contributed by atoms with van der Waals surface area (Å²) in [6.45, 7) is 7.32. The topological polar surface area (TPSA) is 173 Å². The number of nitriles is 1. The van der Waals surface area contributed by atoms with Crippen LogP contribution in [-0.2, 0) is 39.2 Å². The Hall–Kier alpha value is -2.63. The number of fused-ring (bicyclic) bond motifs is 2. The first-order valence-corrected chi connectivity index (χ1v) is 23.2. The molecule has 2 saturated heterocycles. The van der Waals surface area contributed by atoms with Gasteiger partial charge in [0.15, 0.2) is 11.6 Å². The van der Waals surface area contributed by atoms with E-state index in [0.717, 1.165) is 24.8 Å². The molecule has 0 aliphatic carbocycles. The van der Waals surface area contributed by atoms with Crippen molar-refractivity contribution < 1.29 is 37.5 Å². The molecule has 58 heavy (non-hydrogen) atoms. The highest BCUT2D eigenvalue weighted by molar-refractivity contribution is 7.47. The number of benzene rings is 1. The number of rotatable bonds is 27. The second kappa shape index (κ2) is 22.3. The largest absolute Gasteiger partial charge is 0.472 e. The molecule has 4 heterocycles. The first kappa shape index (κ1) is 46.4. The summed E-state index contributed by atoms with van der Waals surface area (Å²) in [6, 6.07) is 10.8. The number of nitrogens with zero attached hydrogens (tertiary/aromatic N) is 4. The van der Waals surface area contributed by atoms with Gasteiger partial charge in [0.05, 0.1) is 43.3 Å². The fourth-order valence-corrected chi connectivity index (χ4v) is 9.12. The number of phosphoric ester groups is 1. The van der Waals surface area contributed by atoms with E-state index >= 15 is 0 Å². The molecule has 0 radical (unpaired) electrons. The number of anilines is 1. The molecule has 13 nitrogen and oxygen atoms in total. The SMILES string of the molecule is CCCCCCCCCCCCCCCCCC[C@@H](COP(=O)(O)OC[C@@]1(C)O[C@@H](c2ccc3c(N)ncnn23)[C@@H]2OC(C)(C)O[C@@H]21)OCc1cc(Cl)cc(C#N)c1. The van der Waals surface area contributed by atoms with Crippen molar-refractivity contribution in [1.82, 2.24) is 14.6 Å². The summed E-state index contributed by atoms with van der Waals surface area (Å²) < 4.78 is 51.6. The zero-order chi connectivity index (χ0) is 41.6. The van der Waals surface area contributed by atoms with Crippen molar-refractivity contribution in [3.05, 3.63) is 58.5 Å². The zero-order valence-electron chi connectivity index (χ0n) is 34.9. The molecule has 2 aliphatic rings. The molecule has 0 amide bonds. The monoisotopic (exact) mass is 845 g/mol. The van der Waals surface area contributed by atoms with Gasteiger partial charge in [0.2, 0.25) is 0 Å². The van der Waals surface area contributed by atoms with Gasteiger partial charge in [-0.15, -0.1) is 0 Å². The fraction of sp³-hybridized carbons (Fsp3) is 0.698. The molecule has 3 N–H and O–H groups in total. The lowest BCUT2D eigenvalue weighted by Crippen LogP contribution is -2.44. The molecule has 3 aromatic rings. The second-order valence-corrected chi connectivity index (χ2v) is 18.5. The van der Waals surface area contributed by atoms with E-state index in [4.69, 9.17) is 45.3 Å². The molecule has 6 atom stereocenters. The van der Waals surface area contributed by atoms with Crippen LogP contribution in [0.5, 0.6) is 0 Å². The minimum absolute atomic E-state index is 0.160. The molecule has 15 heteroatoms. The van der Waals surface area contributed by atoms with Crippen LogP contribution in [0.1, 0.15) is 160 Å². The summed E-state index contributed by atoms with van der Waals surface area (Å²) in [4.78, 5) is 15.0. The molecule has 5 rings (SSSR count). The third-order valence-corrected chi connectivity index (χ3v) is 12.3. The number of hydrogen-bond acceptors (Lipinski definition) is 11. The molecule has 322 valence electrons. The van der Waals surface area contributed by atoms with E-state index in [-0.39, 0.29) is 19.8 Å². The van der Waals surface area contributed by atoms with Crippen LogP contribution in [0.2, 0.25) is 5.02 Å². The molecule has 2 fully saturated rings. The fourth-order valence-electron chi connectivity index (χ4n) is 8.01. The number of nitrogens with two attached hydrogens (primary N) is 1. The number of unbranched alkanes of at least 4 members (excludes halogenated alkanes) is 15. The van der Waals surface area contributed by atoms with Crippen LogP contribution in [-0.4, -0.2) is 62.4 Å². The number of aromatic nitrogens is 3. The minimum atomic E-state index is -4.59. The van der Waals surface area contributed by atoms with Crippen LogP contribution in [0.4, 0.5) is 5.82 Å². The summed E-state index contributed by atoms with van der Waals surface area (Å²) >= 11 is 6.24. The highest BCUT2D eigenvalue weighted by Crippen LogP contribution is 2.52. The van der Waals surface area contributed by atoms with Crippen LogP contribution >= 0.6 is 19.4 Å². The van der Waals surface area contributed by atoms with Crippen molar-refractivity contribution in [1.29, 1.82) is 5.26 Å². The normalized spacial score (nSPS) is 22.9. The lowest BCUT2D eigenvalue weighted by atomic mass is 9.97. The van der Waals surface area contributed by atoms with Crippen molar-refractivity contribution in [2.75, 3.05) is 18.9 Å². The van der Waals surface area contributed by atoms with Crippen molar-refractivity contribution in [3.63, 3.8) is 0 Å². The third kappa shape index (κ3) is 13.7. The highest BCUT2D eigenvalue weighted by atomic mass is 35.5. The molecule has 1 unspecified atom stereocenters. The maximum absolute atomic E-state index is 13.4. The van der Waals surface area contributed by atoms with Crippen LogP contribution < -0.4 is 5.73 Å². The first-order chi connectivity index (χ1) is 27.8. The Kier molecular flexibility index (Phi) is 17.8. The summed E-state index contributed by atoms with van der Waals surface area (Å²) in [7, 11) is -4.59. The van der Waals surface area contributed by atoms with Gasteiger partial charge in [0.25, 0.3) is 0 Å². The van der Waals surface area contributed by atoms with Gasteiger partial charge in [0, 0.05) is 5.02 Å². The summed E-state index contributed by atoms with van der Waals surface area (Å²) in [5, 5.41) is 14.2. The summed E-state index contributed by atoms with van der Waals surface area (Å²) in [5.41, 5.74) is 7.33. The van der Waals surface area contributed by atoms with Gasteiger partial charge >= 0.3 is 7.82 Å². The Morgan fingerprint density at radius 3 is 2.21 bits per heavy atom. The third-order valence-electron chi connectivity index (χ3n) is 11.1. The highest BCUT2D eigenvalue weighted by Gasteiger charge is 2.62. The molecular weight excluding hydrogens is 781 g/mol. The standard InChI is InChI=1S/C43H65ClN5O8P/c1-5-6-7-8-9-10-11-12-13-14-15-16-17-18-19-20-21-35(52-28-33-24-32(27-45)25-34(44)26-33)29-53-58(50,51)54-30-43(4)40-39(55-42(2,3)57-40)38(56-43)36-22-23-37-41(46)47-31-48-49(36)37/h22-26,31,35,38-40H,5-21,28-30H2,1-4H3,(H,50,51)(H2,46,47,48)/t35-,38-,39-,40-,43+/m0/s1. The number of halogens is 1. The van der Waals surface area contributed by atoms with E-state index in [1.54, 1.807) is 35.7 Å². The van der Waals surface area contributed by atoms with Gasteiger partial charge in [-0.3, -0.25) is 9.05 Å². The average Bonchev–Trinajstić information content (AvgIpc) is 3.85. The zero-order valence-corrected chi connectivity index (χ0v) is 36.6. The molecule has 0 bridgehead atoms. The Morgan fingerprint density at radius 2 is 1.57 bits per heavy atom. The Morgan fingerprint density at radius 1 is 0.931 bits per heavy atom. The predicted octanol–water partition coefficient (Wildman–Crippen LogP) is 10.6. The van der Waals surface area contributed by atoms with E-state index in [0.29, 0.717) is 34.0 Å². The predicted molar refractivity (Wildman–Crippen MR) is 224 cm³/mol. The Bertz CT molecular complexity index is 1820. The lowest BCUT2D eigenvalue weighted by Gasteiger charge is -2.31. The molecule has 0 saturated carbocycles. The molecule has 2 aromatic heterocycles. The van der Waals surface area contributed by atoms with Gasteiger partial charge in [-0.2, -0.15) is 10.4 Å². The van der Waals surface area contributed by atoms with Crippen molar-refractivity contribution in [3.8, 4) is 6.07 Å². The van der Waals surface area contributed by atoms with Crippen LogP contribution in [0, 0.1) is 11.3 Å². The number of ether oxygens (including phenoxy) is 4. The maximum atomic E-state index is 13.4. The van der Waals surface area contributed by atoms with Crippen molar-refractivity contribution in [2.45, 2.75) is 179 Å². The van der Waals surface area contributed by atoms with Gasteiger partial charge in [0.1, 0.15) is 35.8 Å². The van der Waals surface area contributed by atoms with E-state index in [1.807, 2.05) is 19.9 Å².